The molecule has 14 heteroatoms. The van der Waals surface area contributed by atoms with Crippen LogP contribution in [-0.2, 0) is 32.5 Å². The molecule has 5 rings (SSSR count). The minimum Gasteiger partial charge on any atom is -0.431 e. The molecule has 0 radical (unpaired) electrons. The normalized spacial score (nSPS) is 14.4. The molecular weight excluding hydrogens is 687 g/mol. The predicted octanol–water partition coefficient (Wildman–Crippen LogP) is 5.78. The number of halogens is 2. The van der Waals surface area contributed by atoms with Crippen LogP contribution in [0, 0.1) is 0 Å². The van der Waals surface area contributed by atoms with Crippen molar-refractivity contribution in [2.75, 3.05) is 19.0 Å². The Hall–Kier alpha value is -4.81. The van der Waals surface area contributed by atoms with Gasteiger partial charge < -0.3 is 24.4 Å². The molecule has 0 bridgehead atoms. The van der Waals surface area contributed by atoms with E-state index in [1.165, 1.54) is 23.6 Å². The number of anilines is 1. The Morgan fingerprint density at radius 2 is 1.60 bits per heavy atom. The molecule has 4 aromatic rings. The fraction of sp³-hybridized carbons (Fsp3) is 0.361. The number of esters is 1. The molecule has 0 saturated heterocycles. The summed E-state index contributed by atoms with van der Waals surface area (Å²) in [5.74, 6) is -1.63. The lowest BCUT2D eigenvalue weighted by Crippen LogP contribution is -2.45. The summed E-state index contributed by atoms with van der Waals surface area (Å²) in [4.78, 5) is 67.9. The van der Waals surface area contributed by atoms with Gasteiger partial charge in [0.15, 0.2) is 0 Å². The van der Waals surface area contributed by atoms with E-state index in [-0.39, 0.29) is 28.1 Å². The average Bonchev–Trinajstić information content (AvgIpc) is 3.07. The second-order valence-electron chi connectivity index (χ2n) is 12.3. The van der Waals surface area contributed by atoms with Crippen molar-refractivity contribution in [1.82, 2.24) is 14.5 Å². The van der Waals surface area contributed by atoms with E-state index in [0.717, 1.165) is 42.4 Å². The van der Waals surface area contributed by atoms with Crippen molar-refractivity contribution in [2.45, 2.75) is 63.9 Å². The highest BCUT2D eigenvalue weighted by Crippen LogP contribution is 2.25. The summed E-state index contributed by atoms with van der Waals surface area (Å²) in [5, 5.41) is 3.15. The van der Waals surface area contributed by atoms with Gasteiger partial charge in [-0.05, 0) is 73.7 Å². The Balaban J connectivity index is 1.38. The molecular formula is C36H38Cl2N4O8. The minimum atomic E-state index is -1.33. The summed E-state index contributed by atoms with van der Waals surface area (Å²) >= 11 is 12.5. The zero-order valence-electron chi connectivity index (χ0n) is 28.1. The topological polar surface area (TPSA) is 138 Å². The van der Waals surface area contributed by atoms with Gasteiger partial charge in [0.1, 0.15) is 12.1 Å². The van der Waals surface area contributed by atoms with Crippen LogP contribution in [0.3, 0.4) is 0 Å². The Kier molecular flexibility index (Phi) is 11.5. The summed E-state index contributed by atoms with van der Waals surface area (Å²) in [5.41, 5.74) is 1.10. The number of fused-ring (bicyclic) bond motifs is 1. The molecule has 12 nitrogen and oxygen atoms in total. The van der Waals surface area contributed by atoms with Crippen LogP contribution < -0.4 is 21.5 Å². The molecule has 1 aliphatic rings. The zero-order valence-corrected chi connectivity index (χ0v) is 29.6. The van der Waals surface area contributed by atoms with Crippen molar-refractivity contribution in [3.05, 3.63) is 103 Å². The lowest BCUT2D eigenvalue weighted by molar-refractivity contribution is -0.171. The summed E-state index contributed by atoms with van der Waals surface area (Å²) in [6.45, 7) is 1.36. The number of carbonyl (C=O) groups is 3. The number of hydrogen-bond acceptors (Lipinski definition) is 9. The standard InChI is InChI=1S/C36H38Cl2N4O8/c1-21(49-36(47)50-25-9-6-5-7-10-25)48-34(45)29(39-32(43)31-27(37)11-8-12-28(31)38)19-22-13-15-23(16-14-22)42-33(44)26-20-24(40(2)3)17-18-30(26)41(4)35(42)46/h8,11-18,20-21,25,29H,5-7,9-10,19H2,1-4H3,(H,39,43)/t21?,29-/m0/s1. The van der Waals surface area contributed by atoms with Gasteiger partial charge in [-0.3, -0.25) is 14.2 Å². The van der Waals surface area contributed by atoms with E-state index in [1.54, 1.807) is 49.5 Å². The predicted molar refractivity (Wildman–Crippen MR) is 191 cm³/mol. The van der Waals surface area contributed by atoms with Gasteiger partial charge in [0.2, 0.25) is 6.29 Å². The highest BCUT2D eigenvalue weighted by atomic mass is 35.5. The van der Waals surface area contributed by atoms with E-state index in [2.05, 4.69) is 5.32 Å². The molecule has 3 aromatic carbocycles. The van der Waals surface area contributed by atoms with E-state index in [0.29, 0.717) is 22.2 Å². The van der Waals surface area contributed by atoms with Crippen LogP contribution in [0.1, 0.15) is 54.9 Å². The van der Waals surface area contributed by atoms with Crippen molar-refractivity contribution in [2.24, 2.45) is 7.05 Å². The van der Waals surface area contributed by atoms with Crippen LogP contribution in [0.25, 0.3) is 16.6 Å². The van der Waals surface area contributed by atoms with Crippen molar-refractivity contribution in [3.8, 4) is 5.69 Å². The van der Waals surface area contributed by atoms with E-state index in [4.69, 9.17) is 37.4 Å². The monoisotopic (exact) mass is 724 g/mol. The quantitative estimate of drug-likeness (QED) is 0.159. The number of benzene rings is 3. The van der Waals surface area contributed by atoms with Gasteiger partial charge in [-0.1, -0.05) is 47.8 Å². The van der Waals surface area contributed by atoms with Crippen LogP contribution in [0.15, 0.2) is 70.3 Å². The maximum Gasteiger partial charge on any atom is 0.511 e. The maximum atomic E-state index is 13.6. The molecule has 264 valence electrons. The van der Waals surface area contributed by atoms with Crippen LogP contribution in [-0.4, -0.2) is 59.7 Å². The van der Waals surface area contributed by atoms with Crippen molar-refractivity contribution >= 4 is 57.8 Å². The largest absolute Gasteiger partial charge is 0.511 e. The number of nitrogens with one attached hydrogen (secondary N) is 1. The maximum absolute atomic E-state index is 13.6. The van der Waals surface area contributed by atoms with Gasteiger partial charge >= 0.3 is 17.8 Å². The third-order valence-electron chi connectivity index (χ3n) is 8.54. The van der Waals surface area contributed by atoms with Crippen LogP contribution in [0.2, 0.25) is 10.0 Å². The summed E-state index contributed by atoms with van der Waals surface area (Å²) in [6, 6.07) is 14.9. The summed E-state index contributed by atoms with van der Waals surface area (Å²) in [7, 11) is 5.30. The second kappa shape index (κ2) is 15.8. The first-order chi connectivity index (χ1) is 23.8. The van der Waals surface area contributed by atoms with Crippen molar-refractivity contribution < 1.29 is 28.6 Å². The molecule has 0 aliphatic heterocycles. The van der Waals surface area contributed by atoms with Crippen LogP contribution in [0.5, 0.6) is 0 Å². The Morgan fingerprint density at radius 3 is 2.24 bits per heavy atom. The molecule has 1 aromatic heterocycles. The van der Waals surface area contributed by atoms with E-state index in [9.17, 15) is 24.0 Å². The van der Waals surface area contributed by atoms with Gasteiger partial charge in [-0.2, -0.15) is 0 Å². The Labute approximate surface area is 298 Å². The highest BCUT2D eigenvalue weighted by molar-refractivity contribution is 6.39. The lowest BCUT2D eigenvalue weighted by Gasteiger charge is -2.23. The van der Waals surface area contributed by atoms with Gasteiger partial charge in [0, 0.05) is 40.2 Å². The molecule has 1 saturated carbocycles. The number of hydrogen-bond donors (Lipinski definition) is 1. The first-order valence-electron chi connectivity index (χ1n) is 16.2. The third-order valence-corrected chi connectivity index (χ3v) is 9.17. The van der Waals surface area contributed by atoms with Crippen LogP contribution in [0.4, 0.5) is 10.5 Å². The number of aromatic nitrogens is 2. The first kappa shape index (κ1) is 36.5. The molecule has 50 heavy (non-hydrogen) atoms. The highest BCUT2D eigenvalue weighted by Gasteiger charge is 2.29. The molecule has 1 N–H and O–H groups in total. The Morgan fingerprint density at radius 1 is 0.940 bits per heavy atom. The SMILES string of the molecule is CC(OC(=O)OC1CCCCC1)OC(=O)[C@H](Cc1ccc(-n2c(=O)c3cc(N(C)C)ccc3n(C)c2=O)cc1)NC(=O)c1c(Cl)cccc1Cl. The molecule has 0 spiro atoms. The summed E-state index contributed by atoms with van der Waals surface area (Å²) < 4.78 is 18.4. The molecule has 1 heterocycles. The molecule has 1 amide bonds. The second-order valence-corrected chi connectivity index (χ2v) is 13.1. The third kappa shape index (κ3) is 8.31. The van der Waals surface area contributed by atoms with Crippen LogP contribution >= 0.6 is 23.2 Å². The molecule has 2 atom stereocenters. The first-order valence-corrected chi connectivity index (χ1v) is 16.9. The average molecular weight is 726 g/mol. The fourth-order valence-electron chi connectivity index (χ4n) is 5.86. The van der Waals surface area contributed by atoms with Crippen molar-refractivity contribution in [3.63, 3.8) is 0 Å². The molecule has 1 fully saturated rings. The smallest absolute Gasteiger partial charge is 0.431 e. The van der Waals surface area contributed by atoms with Gasteiger partial charge in [0.05, 0.1) is 32.2 Å². The van der Waals surface area contributed by atoms with Crippen molar-refractivity contribution in [1.29, 1.82) is 0 Å². The van der Waals surface area contributed by atoms with E-state index >= 15 is 0 Å². The lowest BCUT2D eigenvalue weighted by atomic mass is 9.98. The zero-order chi connectivity index (χ0) is 36.1. The minimum absolute atomic E-state index is 0.0340. The number of rotatable bonds is 10. The van der Waals surface area contributed by atoms with E-state index in [1.807, 2.05) is 25.1 Å². The van der Waals surface area contributed by atoms with Gasteiger partial charge in [-0.15, -0.1) is 0 Å². The van der Waals surface area contributed by atoms with Gasteiger partial charge in [0.25, 0.3) is 11.5 Å². The summed E-state index contributed by atoms with van der Waals surface area (Å²) in [6.07, 6.45) is 1.85. The number of amides is 1. The van der Waals surface area contributed by atoms with Gasteiger partial charge in [-0.25, -0.2) is 19.0 Å². The van der Waals surface area contributed by atoms with E-state index < -0.39 is 41.6 Å². The number of aryl methyl sites for hydroxylation is 1. The fourth-order valence-corrected chi connectivity index (χ4v) is 6.43. The number of nitrogens with zero attached hydrogens (tertiary/aromatic N) is 3. The number of carbonyl (C=O) groups excluding carboxylic acids is 3. The molecule has 1 unspecified atom stereocenters. The number of ether oxygens (including phenoxy) is 3. The Bertz CT molecular complexity index is 2000. The molecule has 1 aliphatic carbocycles.